The summed E-state index contributed by atoms with van der Waals surface area (Å²) in [6, 6.07) is 44.4. The fraction of sp³-hybridized carbons (Fsp3) is 0.457. The van der Waals surface area contributed by atoms with Crippen LogP contribution in [0, 0.1) is 12.1 Å². The molecule has 6 aromatic carbocycles. The van der Waals surface area contributed by atoms with E-state index in [1.165, 1.54) is 127 Å². The van der Waals surface area contributed by atoms with E-state index in [1.807, 2.05) is 0 Å². The van der Waals surface area contributed by atoms with Crippen molar-refractivity contribution in [3.63, 3.8) is 0 Å². The minimum Gasteiger partial charge on any atom is -0.468 e. The predicted molar refractivity (Wildman–Crippen MR) is 314 cm³/mol. The first kappa shape index (κ1) is 48.0. The molecule has 1 fully saturated rings. The van der Waals surface area contributed by atoms with Crippen molar-refractivity contribution < 1.29 is 4.42 Å². The Labute approximate surface area is 444 Å². The van der Waals surface area contributed by atoms with Crippen LogP contribution >= 0.6 is 0 Å². The van der Waals surface area contributed by atoms with Crippen LogP contribution in [0.15, 0.2) is 95.4 Å². The van der Waals surface area contributed by atoms with Crippen LogP contribution in [0.25, 0.3) is 22.1 Å². The Morgan fingerprint density at radius 3 is 1.73 bits per heavy atom. The average molecular weight is 975 g/mol. The van der Waals surface area contributed by atoms with Crippen LogP contribution < -0.4 is 26.4 Å². The fourth-order valence-electron chi connectivity index (χ4n) is 15.2. The van der Waals surface area contributed by atoms with Gasteiger partial charge in [0.05, 0.1) is 22.7 Å². The molecule has 0 atom stereocenters. The predicted octanol–water partition coefficient (Wildman–Crippen LogP) is 17.2. The molecule has 2 aliphatic heterocycles. The second-order valence-corrected chi connectivity index (χ2v) is 29.5. The van der Waals surface area contributed by atoms with Crippen molar-refractivity contribution in [2.24, 2.45) is 0 Å². The van der Waals surface area contributed by atoms with Gasteiger partial charge in [-0.05, 0) is 199 Å². The molecule has 3 nitrogen and oxygen atoms in total. The van der Waals surface area contributed by atoms with E-state index in [-0.39, 0.29) is 50.0 Å². The summed E-state index contributed by atoms with van der Waals surface area (Å²) in [6.07, 6.45) is 9.55. The lowest BCUT2D eigenvalue weighted by molar-refractivity contribution is 0.188. The first-order chi connectivity index (χ1) is 34.6. The van der Waals surface area contributed by atoms with E-state index < -0.39 is 0 Å². The van der Waals surface area contributed by atoms with Gasteiger partial charge >= 0.3 is 0 Å². The van der Waals surface area contributed by atoms with Crippen molar-refractivity contribution in [3.8, 4) is 11.1 Å². The van der Waals surface area contributed by atoms with Crippen molar-refractivity contribution in [2.45, 2.75) is 205 Å². The quantitative estimate of drug-likeness (QED) is 0.165. The largest absolute Gasteiger partial charge is 0.468 e. The van der Waals surface area contributed by atoms with E-state index in [4.69, 9.17) is 4.42 Å². The summed E-state index contributed by atoms with van der Waals surface area (Å²) >= 11 is 0. The molecule has 0 N–H and O–H groups in total. The lowest BCUT2D eigenvalue weighted by Crippen LogP contribution is -2.61. The van der Waals surface area contributed by atoms with Gasteiger partial charge in [0.15, 0.2) is 0 Å². The van der Waals surface area contributed by atoms with Crippen LogP contribution in [-0.4, -0.2) is 6.71 Å². The topological polar surface area (TPSA) is 19.6 Å². The number of benzene rings is 5. The molecule has 0 saturated heterocycles. The molecule has 0 amide bonds. The van der Waals surface area contributed by atoms with Gasteiger partial charge in [-0.2, -0.15) is 0 Å². The van der Waals surface area contributed by atoms with Crippen molar-refractivity contribution in [2.75, 3.05) is 9.80 Å². The zero-order valence-corrected chi connectivity index (χ0v) is 47.7. The van der Waals surface area contributed by atoms with Gasteiger partial charge in [0.1, 0.15) is 5.58 Å². The van der Waals surface area contributed by atoms with Gasteiger partial charge in [0, 0.05) is 33.6 Å². The molecule has 7 aromatic rings. The Morgan fingerprint density at radius 2 is 1.09 bits per heavy atom. The molecule has 4 heteroatoms. The Bertz CT molecular complexity index is 3520. The van der Waals surface area contributed by atoms with Gasteiger partial charge in [-0.1, -0.05) is 165 Å². The lowest BCUT2D eigenvalue weighted by atomic mass is 9.35. The zero-order valence-electron chi connectivity index (χ0n) is 47.7. The second kappa shape index (κ2) is 15.0. The lowest BCUT2D eigenvalue weighted by Gasteiger charge is -2.52. The highest BCUT2D eigenvalue weighted by atomic mass is 16.3. The highest BCUT2D eigenvalue weighted by Crippen LogP contribution is 2.60. The normalized spacial score (nSPS) is 23.3. The summed E-state index contributed by atoms with van der Waals surface area (Å²) in [5.74, 6) is 0. The number of hydrogen-bond donors (Lipinski definition) is 0. The molecule has 1 aromatic heterocycles. The number of fused-ring (bicyclic) bond motifs is 10. The summed E-state index contributed by atoms with van der Waals surface area (Å²) in [5, 5.41) is 1.24. The molecule has 3 heterocycles. The minimum absolute atomic E-state index is 0.0313. The van der Waals surface area contributed by atoms with E-state index in [1.54, 1.807) is 0 Å². The maximum Gasteiger partial charge on any atom is 0.297 e. The third-order valence-electron chi connectivity index (χ3n) is 20.4. The zero-order chi connectivity index (χ0) is 52.2. The molecular weight excluding hydrogens is 896 g/mol. The summed E-state index contributed by atoms with van der Waals surface area (Å²) in [7, 11) is 0. The third kappa shape index (κ3) is 6.72. The molecule has 7 aliphatic rings. The van der Waals surface area contributed by atoms with Crippen LogP contribution in [-0.2, 0) is 43.3 Å². The molecule has 0 unspecified atom stereocenters. The monoisotopic (exact) mass is 975 g/mol. The van der Waals surface area contributed by atoms with Gasteiger partial charge < -0.3 is 14.2 Å². The Balaban J connectivity index is 1.19. The number of nitrogens with zero attached hydrogens (tertiary/aromatic N) is 2. The average Bonchev–Trinajstić information content (AvgIpc) is 3.73. The maximum atomic E-state index is 7.78. The van der Waals surface area contributed by atoms with Crippen LogP contribution in [0.3, 0.4) is 0 Å². The van der Waals surface area contributed by atoms with Crippen molar-refractivity contribution in [3.05, 3.63) is 148 Å². The van der Waals surface area contributed by atoms with Crippen LogP contribution in [0.2, 0.25) is 0 Å². The summed E-state index contributed by atoms with van der Waals surface area (Å²) < 4.78 is 7.78. The Morgan fingerprint density at radius 1 is 0.514 bits per heavy atom. The molecule has 14 rings (SSSR count). The summed E-state index contributed by atoms with van der Waals surface area (Å²) in [5.41, 5.74) is 25.8. The standard InChI is InChI=1S/C70H79BN2O/c1-63(2,3)43-22-26-53-52(36-43)71-60-55(37-44(64(4,5)6)38-56(60)73(53)54-27-25-48-59(58(54)42-20-18-17-19-21-42)68(13,14)31-30-66(48,9)10)72(45-23-24-47-49(39-45)67(11,12)29-28-65(47,7)8)61-46-40-50-51(41-57(46)74-62(61)71)70(16)34-32-69(50,15)33-35-70/h17-21,23-25,27,36-41H,28-35H2,1-16H3. The van der Waals surface area contributed by atoms with Gasteiger partial charge in [-0.3, -0.25) is 0 Å². The minimum atomic E-state index is -0.188. The molecule has 74 heavy (non-hydrogen) atoms. The molecule has 0 spiro atoms. The SMILES string of the molecule is CC(C)(C)c1c#cc2c(c1)B1c3oc4cc5c(cc4c3N(c3ccc4c(c3)C(C)(C)CCC4(C)C)c3cc(C(C)(C)C)cc(c31)N2c1ccc2c(c1-c1ccccc1)C(C)(C)CCC2(C)C)C1(C)CCC5(C)CC1. The summed E-state index contributed by atoms with van der Waals surface area (Å²) in [4.78, 5) is 5.32. The van der Waals surface area contributed by atoms with Crippen molar-refractivity contribution >= 4 is 68.4 Å². The van der Waals surface area contributed by atoms with E-state index >= 15 is 0 Å². The number of anilines is 6. The molecule has 0 radical (unpaired) electrons. The van der Waals surface area contributed by atoms with Gasteiger partial charge in [0.25, 0.3) is 6.71 Å². The van der Waals surface area contributed by atoms with E-state index in [2.05, 4.69) is 224 Å². The van der Waals surface area contributed by atoms with E-state index in [0.29, 0.717) is 0 Å². The second-order valence-electron chi connectivity index (χ2n) is 29.5. The molecular formula is C70H79BN2O. The molecule has 1 saturated carbocycles. The first-order valence-corrected chi connectivity index (χ1v) is 28.4. The van der Waals surface area contributed by atoms with Gasteiger partial charge in [-0.25, -0.2) is 0 Å². The highest BCUT2D eigenvalue weighted by Gasteiger charge is 2.52. The van der Waals surface area contributed by atoms with Crippen LogP contribution in [0.1, 0.15) is 207 Å². The smallest absolute Gasteiger partial charge is 0.297 e. The summed E-state index contributed by atoms with van der Waals surface area (Å²) in [6.45, 7) is 38.8. The van der Waals surface area contributed by atoms with Crippen LogP contribution in [0.5, 0.6) is 0 Å². The van der Waals surface area contributed by atoms with E-state index in [0.717, 1.165) is 41.8 Å². The van der Waals surface area contributed by atoms with Crippen LogP contribution in [0.4, 0.5) is 34.1 Å². The highest BCUT2D eigenvalue weighted by molar-refractivity contribution is 7.00. The molecule has 5 aliphatic carbocycles. The number of rotatable bonds is 3. The molecule has 2 bridgehead atoms. The molecule has 378 valence electrons. The number of furan rings is 1. The fourth-order valence-corrected chi connectivity index (χ4v) is 15.2. The van der Waals surface area contributed by atoms with Crippen molar-refractivity contribution in [1.29, 1.82) is 0 Å². The Hall–Kier alpha value is -5.66. The van der Waals surface area contributed by atoms with E-state index in [9.17, 15) is 0 Å². The van der Waals surface area contributed by atoms with Gasteiger partial charge in [0.2, 0.25) is 0 Å². The van der Waals surface area contributed by atoms with Crippen molar-refractivity contribution in [1.82, 2.24) is 0 Å². The first-order valence-electron chi connectivity index (χ1n) is 28.4. The maximum absolute atomic E-state index is 7.78. The number of hydrogen-bond acceptors (Lipinski definition) is 3. The third-order valence-corrected chi connectivity index (χ3v) is 20.4. The Kier molecular flexibility index (Phi) is 9.77. The van der Waals surface area contributed by atoms with Gasteiger partial charge in [-0.15, -0.1) is 0 Å².